The van der Waals surface area contributed by atoms with Crippen LogP contribution in [0.2, 0.25) is 5.02 Å². The highest BCUT2D eigenvalue weighted by molar-refractivity contribution is 7.92. The fourth-order valence-corrected chi connectivity index (χ4v) is 4.71. The smallest absolute Gasteiger partial charge is 0.264 e. The van der Waals surface area contributed by atoms with Crippen LogP contribution in [0.5, 0.6) is 5.75 Å². The molecule has 0 saturated heterocycles. The third-order valence-corrected chi connectivity index (χ3v) is 6.91. The van der Waals surface area contributed by atoms with Gasteiger partial charge in [0.1, 0.15) is 18.1 Å². The van der Waals surface area contributed by atoms with Crippen LogP contribution in [0.1, 0.15) is 12.5 Å². The number of halogens is 2. The zero-order valence-corrected chi connectivity index (χ0v) is 20.8. The summed E-state index contributed by atoms with van der Waals surface area (Å²) in [5.74, 6) is -1.23. The lowest BCUT2D eigenvalue weighted by Crippen LogP contribution is -2.39. The molecule has 0 aromatic heterocycles. The minimum Gasteiger partial charge on any atom is -0.497 e. The fraction of sp³-hybridized carbons (Fsp3) is 0.125. The van der Waals surface area contributed by atoms with Crippen molar-refractivity contribution in [3.63, 3.8) is 0 Å². The van der Waals surface area contributed by atoms with E-state index in [9.17, 15) is 22.4 Å². The Hall–Kier alpha value is -3.96. The first-order valence-corrected chi connectivity index (χ1v) is 12.2. The van der Waals surface area contributed by atoms with Gasteiger partial charge in [0.25, 0.3) is 15.9 Å². The number of hydrogen-bond acceptors (Lipinski definition) is 6. The van der Waals surface area contributed by atoms with Crippen LogP contribution in [0.25, 0.3) is 0 Å². The van der Waals surface area contributed by atoms with Crippen molar-refractivity contribution in [3.05, 3.63) is 83.1 Å². The minimum absolute atomic E-state index is 0.0293. The molecule has 3 aromatic rings. The number of nitrogens with one attached hydrogen (secondary N) is 2. The maximum atomic E-state index is 13.9. The summed E-state index contributed by atoms with van der Waals surface area (Å²) >= 11 is 5.94. The van der Waals surface area contributed by atoms with Crippen molar-refractivity contribution in [1.29, 1.82) is 0 Å². The van der Waals surface area contributed by atoms with Gasteiger partial charge >= 0.3 is 0 Å². The van der Waals surface area contributed by atoms with Crippen molar-refractivity contribution in [1.82, 2.24) is 5.43 Å². The third-order valence-electron chi connectivity index (χ3n) is 4.79. The molecular formula is C24H22ClFN4O5S. The van der Waals surface area contributed by atoms with E-state index in [1.165, 1.54) is 68.6 Å². The van der Waals surface area contributed by atoms with Gasteiger partial charge in [-0.3, -0.25) is 13.9 Å². The Bertz CT molecular complexity index is 1360. The lowest BCUT2D eigenvalue weighted by Gasteiger charge is -2.24. The predicted molar refractivity (Wildman–Crippen MR) is 135 cm³/mol. The normalized spacial score (nSPS) is 11.2. The van der Waals surface area contributed by atoms with Crippen molar-refractivity contribution < 1.29 is 27.1 Å². The summed E-state index contributed by atoms with van der Waals surface area (Å²) < 4.78 is 46.8. The van der Waals surface area contributed by atoms with Gasteiger partial charge in [0, 0.05) is 18.2 Å². The molecule has 0 aliphatic rings. The molecule has 188 valence electrons. The van der Waals surface area contributed by atoms with Crippen molar-refractivity contribution in [2.45, 2.75) is 11.8 Å². The van der Waals surface area contributed by atoms with E-state index in [-0.39, 0.29) is 27.1 Å². The van der Waals surface area contributed by atoms with Crippen LogP contribution < -0.4 is 19.8 Å². The van der Waals surface area contributed by atoms with Crippen LogP contribution in [0.15, 0.2) is 76.7 Å². The highest BCUT2D eigenvalue weighted by atomic mass is 35.5. The number of methoxy groups -OCH3 is 1. The first kappa shape index (κ1) is 26.6. The third kappa shape index (κ3) is 6.58. The van der Waals surface area contributed by atoms with Gasteiger partial charge in [-0.2, -0.15) is 5.10 Å². The van der Waals surface area contributed by atoms with Crippen LogP contribution in [0, 0.1) is 5.82 Å². The molecule has 0 aliphatic heterocycles. The molecule has 9 nitrogen and oxygen atoms in total. The van der Waals surface area contributed by atoms with Gasteiger partial charge in [0.15, 0.2) is 0 Å². The Labute approximate surface area is 212 Å². The number of anilines is 2. The van der Waals surface area contributed by atoms with Gasteiger partial charge in [0.05, 0.1) is 28.9 Å². The zero-order valence-electron chi connectivity index (χ0n) is 19.2. The number of sulfonamides is 1. The van der Waals surface area contributed by atoms with Crippen LogP contribution in [0.4, 0.5) is 15.8 Å². The van der Waals surface area contributed by atoms with Crippen LogP contribution in [-0.2, 0) is 19.6 Å². The van der Waals surface area contributed by atoms with E-state index in [1.807, 2.05) is 0 Å². The van der Waals surface area contributed by atoms with Crippen molar-refractivity contribution >= 4 is 51.0 Å². The molecule has 0 saturated carbocycles. The largest absolute Gasteiger partial charge is 0.497 e. The molecule has 0 fully saturated rings. The van der Waals surface area contributed by atoms with E-state index < -0.39 is 28.3 Å². The SMILES string of the molecule is COc1ccc(N(CC(=O)N/N=C\c2c(F)cccc2Cl)S(=O)(=O)c2ccc(NC(C)=O)cc2)cc1. The average molecular weight is 533 g/mol. The van der Waals surface area contributed by atoms with Gasteiger partial charge < -0.3 is 10.1 Å². The van der Waals surface area contributed by atoms with Crippen molar-refractivity contribution in [2.24, 2.45) is 5.10 Å². The monoisotopic (exact) mass is 532 g/mol. The molecule has 0 unspecified atom stereocenters. The molecule has 0 heterocycles. The Kier molecular flexibility index (Phi) is 8.62. The summed E-state index contributed by atoms with van der Waals surface area (Å²) in [6.45, 7) is 0.696. The second-order valence-electron chi connectivity index (χ2n) is 7.34. The number of amides is 2. The lowest BCUT2D eigenvalue weighted by atomic mass is 10.2. The highest BCUT2D eigenvalue weighted by Crippen LogP contribution is 2.26. The van der Waals surface area contributed by atoms with Crippen molar-refractivity contribution in [3.8, 4) is 5.75 Å². The number of nitrogens with zero attached hydrogens (tertiary/aromatic N) is 2. The summed E-state index contributed by atoms with van der Waals surface area (Å²) in [6.07, 6.45) is 1.03. The standard InChI is InChI=1S/C24H22ClFN4O5S/c1-16(31)28-17-6-12-20(13-7-17)36(33,34)30(18-8-10-19(35-2)11-9-18)15-24(32)29-27-14-21-22(25)4-3-5-23(21)26/h3-14H,15H2,1-2H3,(H,28,31)(H,29,32)/b27-14-. The molecule has 0 atom stereocenters. The number of ether oxygens (including phenoxy) is 1. The molecule has 3 aromatic carbocycles. The Morgan fingerprint density at radius 1 is 1.08 bits per heavy atom. The van der Waals surface area contributed by atoms with E-state index in [2.05, 4.69) is 15.8 Å². The van der Waals surface area contributed by atoms with Crippen LogP contribution in [0.3, 0.4) is 0 Å². The Balaban J connectivity index is 1.87. The summed E-state index contributed by atoms with van der Waals surface area (Å²) in [6, 6.07) is 15.6. The van der Waals surface area contributed by atoms with Gasteiger partial charge in [-0.25, -0.2) is 18.2 Å². The van der Waals surface area contributed by atoms with E-state index in [0.29, 0.717) is 11.4 Å². The Morgan fingerprint density at radius 3 is 2.33 bits per heavy atom. The van der Waals surface area contributed by atoms with Gasteiger partial charge in [-0.05, 0) is 60.7 Å². The molecule has 2 N–H and O–H groups in total. The zero-order chi connectivity index (χ0) is 26.3. The van der Waals surface area contributed by atoms with Gasteiger partial charge in [0.2, 0.25) is 5.91 Å². The first-order chi connectivity index (χ1) is 17.1. The summed E-state index contributed by atoms with van der Waals surface area (Å²) in [5, 5.41) is 6.35. The molecule has 36 heavy (non-hydrogen) atoms. The van der Waals surface area contributed by atoms with Crippen LogP contribution >= 0.6 is 11.6 Å². The second kappa shape index (κ2) is 11.6. The number of rotatable bonds is 9. The van der Waals surface area contributed by atoms with E-state index in [0.717, 1.165) is 10.5 Å². The molecule has 0 spiro atoms. The quantitative estimate of drug-likeness (QED) is 0.321. The topological polar surface area (TPSA) is 117 Å². The highest BCUT2D eigenvalue weighted by Gasteiger charge is 2.27. The molecule has 3 rings (SSSR count). The van der Waals surface area contributed by atoms with Gasteiger partial charge in [-0.1, -0.05) is 17.7 Å². The van der Waals surface area contributed by atoms with Gasteiger partial charge in [-0.15, -0.1) is 0 Å². The molecule has 12 heteroatoms. The van der Waals surface area contributed by atoms with Crippen molar-refractivity contribution in [2.75, 3.05) is 23.3 Å². The number of carbonyl (C=O) groups excluding carboxylic acids is 2. The molecule has 0 aliphatic carbocycles. The van der Waals surface area contributed by atoms with Crippen LogP contribution in [-0.4, -0.2) is 40.1 Å². The Morgan fingerprint density at radius 2 is 1.75 bits per heavy atom. The number of hydrogen-bond donors (Lipinski definition) is 2. The summed E-state index contributed by atoms with van der Waals surface area (Å²) in [7, 11) is -2.75. The van der Waals surface area contributed by atoms with E-state index in [4.69, 9.17) is 16.3 Å². The number of hydrazone groups is 1. The molecule has 2 amide bonds. The molecule has 0 bridgehead atoms. The predicted octanol–water partition coefficient (Wildman–Crippen LogP) is 3.79. The summed E-state index contributed by atoms with van der Waals surface area (Å²) in [4.78, 5) is 23.8. The number of carbonyl (C=O) groups is 2. The maximum Gasteiger partial charge on any atom is 0.264 e. The summed E-state index contributed by atoms with van der Waals surface area (Å²) in [5.41, 5.74) is 2.77. The lowest BCUT2D eigenvalue weighted by molar-refractivity contribution is -0.119. The first-order valence-electron chi connectivity index (χ1n) is 10.4. The van der Waals surface area contributed by atoms with E-state index in [1.54, 1.807) is 12.1 Å². The maximum absolute atomic E-state index is 13.9. The molecule has 0 radical (unpaired) electrons. The second-order valence-corrected chi connectivity index (χ2v) is 9.61. The van der Waals surface area contributed by atoms with E-state index >= 15 is 0 Å². The minimum atomic E-state index is -4.22. The average Bonchev–Trinajstić information content (AvgIpc) is 2.84. The number of benzene rings is 3. The fourth-order valence-electron chi connectivity index (χ4n) is 3.07. The molecular weight excluding hydrogens is 511 g/mol.